The van der Waals surface area contributed by atoms with Gasteiger partial charge in [-0.3, -0.25) is 0 Å². The maximum atomic E-state index is 8.40. The normalized spacial score (nSPS) is 10.1. The zero-order valence-electron chi connectivity index (χ0n) is 11.4. The van der Waals surface area contributed by atoms with Gasteiger partial charge in [0.15, 0.2) is 0 Å². The smallest absolute Gasteiger partial charge is 0.0433 e. The van der Waals surface area contributed by atoms with Crippen LogP contribution in [0, 0.1) is 0 Å². The first-order valence-corrected chi connectivity index (χ1v) is 6.81. The van der Waals surface area contributed by atoms with Gasteiger partial charge in [-0.1, -0.05) is 38.0 Å². The summed E-state index contributed by atoms with van der Waals surface area (Å²) >= 11 is 0. The standard InChI is InChI=1S/C8H16O.C7H14O/c1-2-3-4-5-6-7-8-9;1-2-3-4-5-6-7-8/h2,9H,1,3-8H2;3-4,8H,2,5-7H2,1H3/b;4-3+. The second-order valence-corrected chi connectivity index (χ2v) is 3.96. The Balaban J connectivity index is 0. The molecular weight excluding hydrogens is 212 g/mol. The highest BCUT2D eigenvalue weighted by atomic mass is 16.3. The summed E-state index contributed by atoms with van der Waals surface area (Å²) in [7, 11) is 0. The number of aliphatic hydroxyl groups excluding tert-OH is 2. The van der Waals surface area contributed by atoms with Crippen LogP contribution in [0.5, 0.6) is 0 Å². The van der Waals surface area contributed by atoms with Gasteiger partial charge in [-0.2, -0.15) is 0 Å². The lowest BCUT2D eigenvalue weighted by Crippen LogP contribution is -1.82. The minimum Gasteiger partial charge on any atom is -0.396 e. The van der Waals surface area contributed by atoms with Gasteiger partial charge in [0, 0.05) is 13.2 Å². The first-order valence-electron chi connectivity index (χ1n) is 6.81. The van der Waals surface area contributed by atoms with Crippen molar-refractivity contribution in [3.63, 3.8) is 0 Å². The summed E-state index contributed by atoms with van der Waals surface area (Å²) in [5.41, 5.74) is 0. The second kappa shape index (κ2) is 20.8. The van der Waals surface area contributed by atoms with Crippen molar-refractivity contribution in [2.45, 2.75) is 58.3 Å². The monoisotopic (exact) mass is 242 g/mol. The lowest BCUT2D eigenvalue weighted by Gasteiger charge is -1.94. The molecule has 102 valence electrons. The zero-order valence-corrected chi connectivity index (χ0v) is 11.4. The van der Waals surface area contributed by atoms with Crippen LogP contribution in [0.25, 0.3) is 0 Å². The zero-order chi connectivity index (χ0) is 13.2. The summed E-state index contributed by atoms with van der Waals surface area (Å²) in [5.74, 6) is 0. The molecule has 0 aliphatic carbocycles. The van der Waals surface area contributed by atoms with Gasteiger partial charge in [-0.15, -0.1) is 6.58 Å². The van der Waals surface area contributed by atoms with Crippen LogP contribution >= 0.6 is 0 Å². The number of unbranched alkanes of at least 4 members (excludes halogenated alkanes) is 5. The van der Waals surface area contributed by atoms with E-state index in [9.17, 15) is 0 Å². The Morgan fingerprint density at radius 1 is 0.824 bits per heavy atom. The Hall–Kier alpha value is -0.600. The molecule has 0 radical (unpaired) electrons. The van der Waals surface area contributed by atoms with E-state index >= 15 is 0 Å². The molecular formula is C15H30O2. The third-order valence-corrected chi connectivity index (χ3v) is 2.25. The van der Waals surface area contributed by atoms with Crippen LogP contribution in [0.1, 0.15) is 58.3 Å². The Morgan fingerprint density at radius 2 is 1.47 bits per heavy atom. The fraction of sp³-hybridized carbons (Fsp3) is 0.733. The third kappa shape index (κ3) is 25.6. The Bertz CT molecular complexity index is 153. The summed E-state index contributed by atoms with van der Waals surface area (Å²) in [4.78, 5) is 0. The number of hydrogen-bond donors (Lipinski definition) is 2. The fourth-order valence-corrected chi connectivity index (χ4v) is 1.25. The maximum absolute atomic E-state index is 8.40. The van der Waals surface area contributed by atoms with E-state index in [-0.39, 0.29) is 0 Å². The van der Waals surface area contributed by atoms with Gasteiger partial charge in [0.25, 0.3) is 0 Å². The largest absolute Gasteiger partial charge is 0.396 e. The molecule has 0 aliphatic rings. The average Bonchev–Trinajstić information content (AvgIpc) is 2.36. The van der Waals surface area contributed by atoms with Crippen LogP contribution in [0.15, 0.2) is 24.8 Å². The lowest BCUT2D eigenvalue weighted by molar-refractivity contribution is 0.282. The van der Waals surface area contributed by atoms with E-state index < -0.39 is 0 Å². The number of allylic oxidation sites excluding steroid dienone is 3. The summed E-state index contributed by atoms with van der Waals surface area (Å²) in [6.07, 6.45) is 14.9. The van der Waals surface area contributed by atoms with Gasteiger partial charge in [0.05, 0.1) is 0 Å². The van der Waals surface area contributed by atoms with E-state index in [1.165, 1.54) is 12.8 Å². The summed E-state index contributed by atoms with van der Waals surface area (Å²) in [6, 6.07) is 0. The van der Waals surface area contributed by atoms with Crippen molar-refractivity contribution >= 4 is 0 Å². The predicted molar refractivity (Wildman–Crippen MR) is 76.1 cm³/mol. The van der Waals surface area contributed by atoms with E-state index in [0.29, 0.717) is 13.2 Å². The summed E-state index contributed by atoms with van der Waals surface area (Å²) in [6.45, 7) is 6.39. The molecule has 0 aromatic rings. The highest BCUT2D eigenvalue weighted by Gasteiger charge is 1.85. The molecule has 0 fully saturated rings. The van der Waals surface area contributed by atoms with Crippen molar-refractivity contribution in [3.8, 4) is 0 Å². The predicted octanol–water partition coefficient (Wildman–Crippen LogP) is 3.84. The number of aliphatic hydroxyl groups is 2. The van der Waals surface area contributed by atoms with E-state index in [1.807, 2.05) is 6.08 Å². The highest BCUT2D eigenvalue weighted by molar-refractivity contribution is 4.79. The number of hydrogen-bond acceptors (Lipinski definition) is 2. The molecule has 2 heteroatoms. The van der Waals surface area contributed by atoms with E-state index in [4.69, 9.17) is 10.2 Å². The molecule has 0 aliphatic heterocycles. The van der Waals surface area contributed by atoms with Crippen molar-refractivity contribution in [1.29, 1.82) is 0 Å². The molecule has 0 saturated carbocycles. The van der Waals surface area contributed by atoms with Crippen LogP contribution in [-0.4, -0.2) is 23.4 Å². The molecule has 0 bridgehead atoms. The SMILES string of the molecule is C=CCCCCCCO.CC/C=C/CCCO. The van der Waals surface area contributed by atoms with E-state index in [0.717, 1.165) is 38.5 Å². The Kier molecular flexibility index (Phi) is 22.9. The molecule has 0 heterocycles. The maximum Gasteiger partial charge on any atom is 0.0433 e. The first-order chi connectivity index (χ1) is 8.33. The van der Waals surface area contributed by atoms with Crippen LogP contribution in [0.4, 0.5) is 0 Å². The van der Waals surface area contributed by atoms with Gasteiger partial charge in [0.1, 0.15) is 0 Å². The molecule has 0 spiro atoms. The van der Waals surface area contributed by atoms with Crippen LogP contribution in [-0.2, 0) is 0 Å². The van der Waals surface area contributed by atoms with Crippen molar-refractivity contribution in [2.75, 3.05) is 13.2 Å². The van der Waals surface area contributed by atoms with Crippen molar-refractivity contribution < 1.29 is 10.2 Å². The molecule has 0 saturated heterocycles. The third-order valence-electron chi connectivity index (χ3n) is 2.25. The quantitative estimate of drug-likeness (QED) is 0.451. The first kappa shape index (κ1) is 18.8. The van der Waals surface area contributed by atoms with Crippen molar-refractivity contribution in [1.82, 2.24) is 0 Å². The van der Waals surface area contributed by atoms with Gasteiger partial charge in [-0.25, -0.2) is 0 Å². The molecule has 0 aromatic carbocycles. The summed E-state index contributed by atoms with van der Waals surface area (Å²) < 4.78 is 0. The Morgan fingerprint density at radius 3 is 2.00 bits per heavy atom. The average molecular weight is 242 g/mol. The van der Waals surface area contributed by atoms with Gasteiger partial charge >= 0.3 is 0 Å². The van der Waals surface area contributed by atoms with E-state index in [1.54, 1.807) is 0 Å². The van der Waals surface area contributed by atoms with Gasteiger partial charge in [-0.05, 0) is 38.5 Å². The van der Waals surface area contributed by atoms with Crippen LogP contribution in [0.2, 0.25) is 0 Å². The fourth-order valence-electron chi connectivity index (χ4n) is 1.25. The minimum absolute atomic E-state index is 0.314. The molecule has 2 N–H and O–H groups in total. The minimum atomic E-state index is 0.314. The van der Waals surface area contributed by atoms with Crippen molar-refractivity contribution in [2.24, 2.45) is 0 Å². The molecule has 0 atom stereocenters. The molecule has 0 aromatic heterocycles. The van der Waals surface area contributed by atoms with E-state index in [2.05, 4.69) is 25.7 Å². The molecule has 0 rings (SSSR count). The van der Waals surface area contributed by atoms with Gasteiger partial charge < -0.3 is 10.2 Å². The Labute approximate surface area is 107 Å². The lowest BCUT2D eigenvalue weighted by atomic mass is 10.1. The highest BCUT2D eigenvalue weighted by Crippen LogP contribution is 2.01. The topological polar surface area (TPSA) is 40.5 Å². The molecule has 0 amide bonds. The molecule has 0 unspecified atom stereocenters. The van der Waals surface area contributed by atoms with Crippen molar-refractivity contribution in [3.05, 3.63) is 24.8 Å². The second-order valence-electron chi connectivity index (χ2n) is 3.96. The van der Waals surface area contributed by atoms with Gasteiger partial charge in [0.2, 0.25) is 0 Å². The molecule has 2 nitrogen and oxygen atoms in total. The molecule has 17 heavy (non-hydrogen) atoms. The van der Waals surface area contributed by atoms with Crippen LogP contribution in [0.3, 0.4) is 0 Å². The number of rotatable bonds is 10. The summed E-state index contributed by atoms with van der Waals surface area (Å²) in [5, 5.41) is 16.7. The van der Waals surface area contributed by atoms with Crippen LogP contribution < -0.4 is 0 Å².